The third-order valence-corrected chi connectivity index (χ3v) is 4.17. The predicted octanol–water partition coefficient (Wildman–Crippen LogP) is 6.24. The van der Waals surface area contributed by atoms with E-state index in [-0.39, 0.29) is 0 Å². The maximum absolute atomic E-state index is 6.05. The van der Waals surface area contributed by atoms with Crippen LogP contribution in [0.2, 0.25) is 0 Å². The first-order valence-corrected chi connectivity index (χ1v) is 8.26. The Morgan fingerprint density at radius 1 is 0.850 bits per heavy atom. The first-order valence-electron chi connectivity index (χ1n) is 8.26. The Hall–Kier alpha value is -0.980. The Kier molecular flexibility index (Phi) is 6.58. The highest BCUT2D eigenvalue weighted by Gasteiger charge is 2.20. The van der Waals surface area contributed by atoms with Crippen LogP contribution in [0.5, 0.6) is 5.75 Å². The maximum atomic E-state index is 6.05. The maximum Gasteiger partial charge on any atom is 0.126 e. The minimum atomic E-state index is 0.503. The summed E-state index contributed by atoms with van der Waals surface area (Å²) in [6.07, 6.45) is 2.35. The van der Waals surface area contributed by atoms with E-state index in [1.807, 2.05) is 0 Å². The minimum Gasteiger partial charge on any atom is -0.493 e. The predicted molar refractivity (Wildman–Crippen MR) is 89.1 cm³/mol. The van der Waals surface area contributed by atoms with E-state index in [0.717, 1.165) is 12.4 Å². The van der Waals surface area contributed by atoms with Crippen molar-refractivity contribution in [1.29, 1.82) is 0 Å². The Labute approximate surface area is 125 Å². The van der Waals surface area contributed by atoms with Crippen LogP contribution >= 0.6 is 0 Å². The fourth-order valence-electron chi connectivity index (χ4n) is 2.80. The van der Waals surface area contributed by atoms with Gasteiger partial charge in [0.25, 0.3) is 0 Å². The van der Waals surface area contributed by atoms with Crippen molar-refractivity contribution < 1.29 is 4.74 Å². The largest absolute Gasteiger partial charge is 0.493 e. The van der Waals surface area contributed by atoms with Crippen LogP contribution in [0.4, 0.5) is 0 Å². The van der Waals surface area contributed by atoms with Crippen molar-refractivity contribution in [3.63, 3.8) is 0 Å². The van der Waals surface area contributed by atoms with Crippen LogP contribution in [-0.2, 0) is 0 Å². The smallest absolute Gasteiger partial charge is 0.126 e. The van der Waals surface area contributed by atoms with Crippen molar-refractivity contribution in [3.05, 3.63) is 28.8 Å². The molecule has 0 N–H and O–H groups in total. The molecule has 0 aliphatic heterocycles. The van der Waals surface area contributed by atoms with E-state index in [2.05, 4.69) is 60.6 Å². The highest BCUT2D eigenvalue weighted by Crippen LogP contribution is 2.39. The number of hydrogen-bond donors (Lipinski definition) is 0. The van der Waals surface area contributed by atoms with E-state index >= 15 is 0 Å². The van der Waals surface area contributed by atoms with Gasteiger partial charge < -0.3 is 4.74 Å². The van der Waals surface area contributed by atoms with Crippen LogP contribution in [0.25, 0.3) is 0 Å². The number of benzene rings is 1. The molecule has 1 heteroatoms. The summed E-state index contributed by atoms with van der Waals surface area (Å²) < 4.78 is 6.05. The first kappa shape index (κ1) is 17.1. The Bertz CT molecular complexity index is 414. The number of rotatable bonds is 7. The van der Waals surface area contributed by atoms with Gasteiger partial charge in [-0.3, -0.25) is 0 Å². The average molecular weight is 276 g/mol. The third-order valence-electron chi connectivity index (χ3n) is 4.17. The molecule has 1 aromatic carbocycles. The van der Waals surface area contributed by atoms with Crippen LogP contribution in [0.3, 0.4) is 0 Å². The van der Waals surface area contributed by atoms with Gasteiger partial charge in [-0.25, -0.2) is 0 Å². The quantitative estimate of drug-likeness (QED) is 0.573. The molecule has 0 aliphatic carbocycles. The molecule has 0 spiro atoms. The summed E-state index contributed by atoms with van der Waals surface area (Å²) in [7, 11) is 0. The fourth-order valence-corrected chi connectivity index (χ4v) is 2.80. The second-order valence-corrected chi connectivity index (χ2v) is 6.28. The molecule has 20 heavy (non-hydrogen) atoms. The monoisotopic (exact) mass is 276 g/mol. The van der Waals surface area contributed by atoms with Crippen molar-refractivity contribution in [3.8, 4) is 5.75 Å². The van der Waals surface area contributed by atoms with Gasteiger partial charge in [0.15, 0.2) is 0 Å². The summed E-state index contributed by atoms with van der Waals surface area (Å²) in [5.74, 6) is 2.83. The zero-order valence-corrected chi connectivity index (χ0v) is 14.4. The van der Waals surface area contributed by atoms with E-state index < -0.39 is 0 Å². The molecular formula is C19H32O. The lowest BCUT2D eigenvalue weighted by Crippen LogP contribution is -2.08. The molecule has 1 aromatic rings. The number of ether oxygens (including phenoxy) is 1. The highest BCUT2D eigenvalue weighted by atomic mass is 16.5. The van der Waals surface area contributed by atoms with E-state index in [9.17, 15) is 0 Å². The topological polar surface area (TPSA) is 9.23 Å². The van der Waals surface area contributed by atoms with Crippen molar-refractivity contribution in [1.82, 2.24) is 0 Å². The van der Waals surface area contributed by atoms with Gasteiger partial charge >= 0.3 is 0 Å². The molecule has 0 heterocycles. The molecule has 0 amide bonds. The Balaban J connectivity index is 3.49. The molecule has 0 aliphatic rings. The third kappa shape index (κ3) is 3.77. The van der Waals surface area contributed by atoms with E-state index in [0.29, 0.717) is 17.8 Å². The zero-order chi connectivity index (χ0) is 15.3. The van der Waals surface area contributed by atoms with Crippen LogP contribution in [0.1, 0.15) is 95.8 Å². The number of hydrogen-bond acceptors (Lipinski definition) is 1. The molecular weight excluding hydrogens is 244 g/mol. The summed E-state index contributed by atoms with van der Waals surface area (Å²) in [5.41, 5.74) is 4.24. The van der Waals surface area contributed by atoms with Gasteiger partial charge in [-0.15, -0.1) is 0 Å². The second kappa shape index (κ2) is 7.71. The van der Waals surface area contributed by atoms with Crippen LogP contribution in [0.15, 0.2) is 12.1 Å². The van der Waals surface area contributed by atoms with Crippen molar-refractivity contribution in [2.24, 2.45) is 0 Å². The summed E-state index contributed by atoms with van der Waals surface area (Å²) in [4.78, 5) is 0. The van der Waals surface area contributed by atoms with Crippen LogP contribution in [0, 0.1) is 0 Å². The van der Waals surface area contributed by atoms with Gasteiger partial charge in [-0.1, -0.05) is 53.7 Å². The molecule has 1 nitrogen and oxygen atoms in total. The van der Waals surface area contributed by atoms with Crippen LogP contribution in [-0.4, -0.2) is 6.61 Å². The second-order valence-electron chi connectivity index (χ2n) is 6.28. The molecule has 0 unspecified atom stereocenters. The van der Waals surface area contributed by atoms with Gasteiger partial charge in [0.05, 0.1) is 6.61 Å². The van der Waals surface area contributed by atoms with Crippen molar-refractivity contribution in [2.45, 2.75) is 79.1 Å². The molecule has 0 saturated heterocycles. The van der Waals surface area contributed by atoms with Gasteiger partial charge in [0.1, 0.15) is 5.75 Å². The lowest BCUT2D eigenvalue weighted by atomic mass is 9.85. The Morgan fingerprint density at radius 2 is 1.40 bits per heavy atom. The molecule has 1 rings (SSSR count). The van der Waals surface area contributed by atoms with Crippen molar-refractivity contribution >= 4 is 0 Å². The molecule has 0 atom stereocenters. The van der Waals surface area contributed by atoms with Gasteiger partial charge in [-0.05, 0) is 54.2 Å². The lowest BCUT2D eigenvalue weighted by molar-refractivity contribution is 0.328. The standard InChI is InChI=1S/C19H32O/c1-8-15(9-2)18-12-16(13(4)5)11-17(14(6)7)19(18)20-10-3/h11-15H,8-10H2,1-7H3. The average Bonchev–Trinajstić information content (AvgIpc) is 2.41. The molecule has 0 saturated carbocycles. The molecule has 0 fully saturated rings. The van der Waals surface area contributed by atoms with Gasteiger partial charge in [0, 0.05) is 0 Å². The molecule has 114 valence electrons. The zero-order valence-electron chi connectivity index (χ0n) is 14.4. The van der Waals surface area contributed by atoms with Gasteiger partial charge in [-0.2, -0.15) is 0 Å². The van der Waals surface area contributed by atoms with E-state index in [4.69, 9.17) is 4.74 Å². The summed E-state index contributed by atoms with van der Waals surface area (Å²) in [6, 6.07) is 4.74. The summed E-state index contributed by atoms with van der Waals surface area (Å²) >= 11 is 0. The normalized spacial score (nSPS) is 11.7. The molecule has 0 radical (unpaired) electrons. The Morgan fingerprint density at radius 3 is 1.80 bits per heavy atom. The first-order chi connectivity index (χ1) is 9.46. The molecule has 0 aromatic heterocycles. The lowest BCUT2D eigenvalue weighted by Gasteiger charge is -2.24. The highest BCUT2D eigenvalue weighted by molar-refractivity contribution is 5.49. The van der Waals surface area contributed by atoms with E-state index in [1.54, 1.807) is 0 Å². The van der Waals surface area contributed by atoms with Crippen molar-refractivity contribution in [2.75, 3.05) is 6.61 Å². The SMILES string of the molecule is CCOc1c(C(C)C)cc(C(C)C)cc1C(CC)CC. The summed E-state index contributed by atoms with van der Waals surface area (Å²) in [5, 5.41) is 0. The van der Waals surface area contributed by atoms with Gasteiger partial charge in [0.2, 0.25) is 0 Å². The summed E-state index contributed by atoms with van der Waals surface area (Å²) in [6.45, 7) is 16.5. The van der Waals surface area contributed by atoms with Crippen LogP contribution < -0.4 is 4.74 Å². The molecule has 0 bridgehead atoms. The van der Waals surface area contributed by atoms with E-state index in [1.165, 1.54) is 29.5 Å². The minimum absolute atomic E-state index is 0.503. The fraction of sp³-hybridized carbons (Fsp3) is 0.684.